The molecule has 0 unspecified atom stereocenters. The van der Waals surface area contributed by atoms with Crippen LogP contribution in [0.1, 0.15) is 5.56 Å². The maximum absolute atomic E-state index is 11.4. The lowest BCUT2D eigenvalue weighted by Gasteiger charge is -2.07. The first-order chi connectivity index (χ1) is 10.5. The number of hydrogen-bond acceptors (Lipinski definition) is 5. The van der Waals surface area contributed by atoms with Crippen molar-refractivity contribution in [3.05, 3.63) is 74.6 Å². The number of nitro groups is 1. The van der Waals surface area contributed by atoms with E-state index in [1.807, 2.05) is 6.92 Å². The maximum atomic E-state index is 11.4. The Hall–Kier alpha value is -3.15. The van der Waals surface area contributed by atoms with Gasteiger partial charge in [0.15, 0.2) is 0 Å². The fourth-order valence-corrected chi connectivity index (χ4v) is 2.19. The lowest BCUT2D eigenvalue weighted by atomic mass is 10.1. The van der Waals surface area contributed by atoms with Crippen molar-refractivity contribution < 1.29 is 14.1 Å². The summed E-state index contributed by atoms with van der Waals surface area (Å²) in [6, 6.07) is 12.5. The Bertz CT molecular complexity index is 929. The van der Waals surface area contributed by atoms with Gasteiger partial charge in [-0.05, 0) is 30.7 Å². The first-order valence-electron chi connectivity index (χ1n) is 6.50. The van der Waals surface area contributed by atoms with Gasteiger partial charge in [-0.1, -0.05) is 12.1 Å². The zero-order valence-electron chi connectivity index (χ0n) is 11.6. The normalized spacial score (nSPS) is 10.6. The van der Waals surface area contributed by atoms with Crippen LogP contribution >= 0.6 is 0 Å². The van der Waals surface area contributed by atoms with Crippen molar-refractivity contribution >= 4 is 16.7 Å². The minimum Gasteiger partial charge on any atom is -0.450 e. The van der Waals surface area contributed by atoms with Crippen LogP contribution in [-0.2, 0) is 0 Å². The van der Waals surface area contributed by atoms with E-state index in [1.54, 1.807) is 30.3 Å². The Morgan fingerprint density at radius 3 is 2.68 bits per heavy atom. The van der Waals surface area contributed by atoms with Gasteiger partial charge in [0.1, 0.15) is 11.3 Å². The Kier molecular flexibility index (Phi) is 3.34. The Morgan fingerprint density at radius 1 is 1.14 bits per heavy atom. The quantitative estimate of drug-likeness (QED) is 0.417. The number of benzene rings is 2. The molecule has 0 bridgehead atoms. The molecule has 1 heterocycles. The Morgan fingerprint density at radius 2 is 1.91 bits per heavy atom. The molecule has 0 saturated carbocycles. The number of para-hydroxylation sites is 2. The molecule has 0 radical (unpaired) electrons. The molecule has 110 valence electrons. The summed E-state index contributed by atoms with van der Waals surface area (Å²) in [5, 5.41) is 11.8. The summed E-state index contributed by atoms with van der Waals surface area (Å²) in [5.74, 6) is 0.484. The molecule has 0 aliphatic carbocycles. The SMILES string of the molecule is Cc1cc(=O)oc2cc(Oc3ccccc3[N+](=O)[O-])ccc12. The van der Waals surface area contributed by atoms with Gasteiger partial charge in [-0.2, -0.15) is 0 Å². The van der Waals surface area contributed by atoms with Crippen LogP contribution in [0.3, 0.4) is 0 Å². The van der Waals surface area contributed by atoms with Crippen molar-refractivity contribution in [2.24, 2.45) is 0 Å². The van der Waals surface area contributed by atoms with Crippen molar-refractivity contribution in [3.63, 3.8) is 0 Å². The topological polar surface area (TPSA) is 82.6 Å². The number of nitro benzene ring substituents is 1. The molecule has 0 amide bonds. The Balaban J connectivity index is 2.05. The first kappa shape index (κ1) is 13.8. The third-order valence-electron chi connectivity index (χ3n) is 3.21. The predicted octanol–water partition coefficient (Wildman–Crippen LogP) is 3.80. The van der Waals surface area contributed by atoms with Crippen LogP contribution in [0.2, 0.25) is 0 Å². The molecule has 0 N–H and O–H groups in total. The fraction of sp³-hybridized carbons (Fsp3) is 0.0625. The number of hydrogen-bond donors (Lipinski definition) is 0. The van der Waals surface area contributed by atoms with E-state index in [4.69, 9.17) is 9.15 Å². The molecule has 0 aliphatic rings. The summed E-state index contributed by atoms with van der Waals surface area (Å²) in [4.78, 5) is 21.9. The molecule has 3 aromatic rings. The number of ether oxygens (including phenoxy) is 1. The highest BCUT2D eigenvalue weighted by Gasteiger charge is 2.15. The molecular formula is C16H11NO5. The highest BCUT2D eigenvalue weighted by atomic mass is 16.6. The first-order valence-corrected chi connectivity index (χ1v) is 6.50. The van der Waals surface area contributed by atoms with Crippen LogP contribution < -0.4 is 10.4 Å². The summed E-state index contributed by atoms with van der Waals surface area (Å²) in [5.41, 5.74) is 0.589. The highest BCUT2D eigenvalue weighted by Crippen LogP contribution is 2.32. The Labute approximate surface area is 124 Å². The van der Waals surface area contributed by atoms with Gasteiger partial charge in [-0.25, -0.2) is 4.79 Å². The molecule has 3 rings (SSSR count). The summed E-state index contributed by atoms with van der Waals surface area (Å²) >= 11 is 0. The minimum absolute atomic E-state index is 0.127. The van der Waals surface area contributed by atoms with E-state index >= 15 is 0 Å². The van der Waals surface area contributed by atoms with Crippen LogP contribution in [0, 0.1) is 17.0 Å². The summed E-state index contributed by atoms with van der Waals surface area (Å²) in [6.07, 6.45) is 0. The van der Waals surface area contributed by atoms with Crippen LogP contribution in [0.25, 0.3) is 11.0 Å². The largest absolute Gasteiger partial charge is 0.450 e. The van der Waals surface area contributed by atoms with Crippen molar-refractivity contribution in [1.82, 2.24) is 0 Å². The number of aryl methyl sites for hydroxylation is 1. The van der Waals surface area contributed by atoms with Crippen molar-refractivity contribution in [2.75, 3.05) is 0 Å². The molecule has 0 aliphatic heterocycles. The van der Waals surface area contributed by atoms with Crippen LogP contribution in [-0.4, -0.2) is 4.92 Å². The lowest BCUT2D eigenvalue weighted by molar-refractivity contribution is -0.385. The third-order valence-corrected chi connectivity index (χ3v) is 3.21. The standard InChI is InChI=1S/C16H11NO5/c1-10-8-16(18)22-15-9-11(6-7-12(10)15)21-14-5-3-2-4-13(14)17(19)20/h2-9H,1H3. The molecule has 0 atom stereocenters. The predicted molar refractivity (Wildman–Crippen MR) is 80.4 cm³/mol. The van der Waals surface area contributed by atoms with E-state index < -0.39 is 10.5 Å². The number of nitrogens with zero attached hydrogens (tertiary/aromatic N) is 1. The molecule has 22 heavy (non-hydrogen) atoms. The average Bonchev–Trinajstić information content (AvgIpc) is 2.47. The number of fused-ring (bicyclic) bond motifs is 1. The van der Waals surface area contributed by atoms with Crippen LogP contribution in [0.5, 0.6) is 11.5 Å². The summed E-state index contributed by atoms with van der Waals surface area (Å²) in [7, 11) is 0. The molecule has 0 spiro atoms. The zero-order chi connectivity index (χ0) is 15.7. The van der Waals surface area contributed by atoms with E-state index in [9.17, 15) is 14.9 Å². The highest BCUT2D eigenvalue weighted by molar-refractivity contribution is 5.81. The molecule has 1 aromatic heterocycles. The van der Waals surface area contributed by atoms with E-state index in [0.29, 0.717) is 11.3 Å². The van der Waals surface area contributed by atoms with Crippen LogP contribution in [0.15, 0.2) is 57.7 Å². The van der Waals surface area contributed by atoms with Crippen molar-refractivity contribution in [3.8, 4) is 11.5 Å². The average molecular weight is 297 g/mol. The monoisotopic (exact) mass is 297 g/mol. The lowest BCUT2D eigenvalue weighted by Crippen LogP contribution is -1.98. The summed E-state index contributed by atoms with van der Waals surface area (Å²) in [6.45, 7) is 1.81. The van der Waals surface area contributed by atoms with Crippen LogP contribution in [0.4, 0.5) is 5.69 Å². The molecule has 0 fully saturated rings. The molecule has 6 heteroatoms. The number of rotatable bonds is 3. The van der Waals surface area contributed by atoms with Gasteiger partial charge < -0.3 is 9.15 Å². The van der Waals surface area contributed by atoms with E-state index in [1.165, 1.54) is 18.2 Å². The van der Waals surface area contributed by atoms with Crippen molar-refractivity contribution in [1.29, 1.82) is 0 Å². The second-order valence-corrected chi connectivity index (χ2v) is 4.73. The van der Waals surface area contributed by atoms with E-state index in [-0.39, 0.29) is 11.4 Å². The second-order valence-electron chi connectivity index (χ2n) is 4.73. The van der Waals surface area contributed by atoms with E-state index in [0.717, 1.165) is 10.9 Å². The minimum atomic E-state index is -0.513. The third kappa shape index (κ3) is 2.54. The van der Waals surface area contributed by atoms with Gasteiger partial charge in [-0.3, -0.25) is 10.1 Å². The van der Waals surface area contributed by atoms with E-state index in [2.05, 4.69) is 0 Å². The van der Waals surface area contributed by atoms with Gasteiger partial charge in [0.2, 0.25) is 5.75 Å². The van der Waals surface area contributed by atoms with Gasteiger partial charge in [0.05, 0.1) is 4.92 Å². The molecular weight excluding hydrogens is 286 g/mol. The zero-order valence-corrected chi connectivity index (χ0v) is 11.6. The fourth-order valence-electron chi connectivity index (χ4n) is 2.19. The van der Waals surface area contributed by atoms with Gasteiger partial charge >= 0.3 is 11.3 Å². The smallest absolute Gasteiger partial charge is 0.336 e. The van der Waals surface area contributed by atoms with Crippen molar-refractivity contribution in [2.45, 2.75) is 6.92 Å². The maximum Gasteiger partial charge on any atom is 0.336 e. The second kappa shape index (κ2) is 5.33. The molecule has 6 nitrogen and oxygen atoms in total. The van der Waals surface area contributed by atoms with Gasteiger partial charge in [0, 0.05) is 23.6 Å². The van der Waals surface area contributed by atoms with Gasteiger partial charge in [-0.15, -0.1) is 0 Å². The van der Waals surface area contributed by atoms with Gasteiger partial charge in [0.25, 0.3) is 0 Å². The molecule has 2 aromatic carbocycles. The molecule has 0 saturated heterocycles. The summed E-state index contributed by atoms with van der Waals surface area (Å²) < 4.78 is 10.7.